The quantitative estimate of drug-likeness (QED) is 0.142. The smallest absolute Gasteiger partial charge is 0.420 e. The molecular formula is C32H21ClF4N4O2S. The molecule has 6 rings (SSSR count). The Morgan fingerprint density at radius 3 is 2.20 bits per heavy atom. The zero-order valence-electron chi connectivity index (χ0n) is 23.0. The van der Waals surface area contributed by atoms with E-state index in [0.717, 1.165) is 16.8 Å². The summed E-state index contributed by atoms with van der Waals surface area (Å²) in [7, 11) is 0. The van der Waals surface area contributed by atoms with Gasteiger partial charge in [-0.25, -0.2) is 24.3 Å². The zero-order chi connectivity index (χ0) is 31.1. The molecular weight excluding hydrogens is 616 g/mol. The van der Waals surface area contributed by atoms with Gasteiger partial charge in [-0.05, 0) is 49.1 Å². The molecule has 0 aliphatic carbocycles. The third kappa shape index (κ3) is 8.01. The van der Waals surface area contributed by atoms with E-state index in [-0.39, 0.29) is 22.0 Å². The van der Waals surface area contributed by atoms with E-state index in [9.17, 15) is 17.6 Å². The maximum absolute atomic E-state index is 13.2. The Morgan fingerprint density at radius 2 is 1.55 bits per heavy atom. The highest BCUT2D eigenvalue weighted by Crippen LogP contribution is 2.35. The predicted molar refractivity (Wildman–Crippen MR) is 159 cm³/mol. The molecule has 0 bridgehead atoms. The summed E-state index contributed by atoms with van der Waals surface area (Å²) in [5.74, 6) is 12.1. The van der Waals surface area contributed by atoms with Crippen LogP contribution in [0, 0.1) is 36.4 Å². The van der Waals surface area contributed by atoms with Crippen LogP contribution in [0.3, 0.4) is 0 Å². The lowest BCUT2D eigenvalue weighted by molar-refractivity contribution is -0.136. The van der Waals surface area contributed by atoms with Gasteiger partial charge >= 0.3 is 6.18 Å². The monoisotopic (exact) mass is 636 g/mol. The molecule has 4 heterocycles. The highest BCUT2D eigenvalue weighted by atomic mass is 35.5. The second-order valence-corrected chi connectivity index (χ2v) is 10.6. The van der Waals surface area contributed by atoms with Crippen LogP contribution in [0.25, 0.3) is 22.2 Å². The number of fused-ring (bicyclic) bond motifs is 2. The van der Waals surface area contributed by atoms with E-state index in [1.54, 1.807) is 29.7 Å². The van der Waals surface area contributed by atoms with E-state index in [2.05, 4.69) is 43.6 Å². The predicted octanol–water partition coefficient (Wildman–Crippen LogP) is 8.60. The topological polar surface area (TPSA) is 77.8 Å². The van der Waals surface area contributed by atoms with Crippen molar-refractivity contribution in [1.82, 2.24) is 19.9 Å². The van der Waals surface area contributed by atoms with Gasteiger partial charge in [0.05, 0.1) is 10.0 Å². The standard InChI is InChI=1S/C17H11F3N2O.C15H10ClFN2OS/c18-17(19,20)13-8-5-9-14-16(13)23-15(22-14)10-2-1-6-12-7-3-4-11-21-12;1-9-18-11(8-21-9)4-2-3-5-14-19-13-7-10(17)6-12(16)15(13)20-14/h3-5,7-9,11H,2,10H2;6-8H,3,5H2,1H3. The molecule has 0 saturated carbocycles. The first kappa shape index (κ1) is 30.7. The highest BCUT2D eigenvalue weighted by Gasteiger charge is 2.34. The Kier molecular flexibility index (Phi) is 9.59. The van der Waals surface area contributed by atoms with Gasteiger partial charge in [0.15, 0.2) is 22.9 Å². The summed E-state index contributed by atoms with van der Waals surface area (Å²) in [6.07, 6.45) is -0.929. The number of hydrogen-bond acceptors (Lipinski definition) is 7. The Bertz CT molecular complexity index is 2030. The van der Waals surface area contributed by atoms with Crippen LogP contribution in [0.5, 0.6) is 0 Å². The summed E-state index contributed by atoms with van der Waals surface area (Å²) in [5, 5.41) is 3.15. The number of alkyl halides is 3. The van der Waals surface area contributed by atoms with Gasteiger partial charge in [-0.2, -0.15) is 13.2 Å². The van der Waals surface area contributed by atoms with Crippen LogP contribution in [0.15, 0.2) is 68.9 Å². The van der Waals surface area contributed by atoms with E-state index >= 15 is 0 Å². The fourth-order valence-corrected chi connectivity index (χ4v) is 4.73. The van der Waals surface area contributed by atoms with Crippen LogP contribution in [0.4, 0.5) is 17.6 Å². The summed E-state index contributed by atoms with van der Waals surface area (Å²) in [6, 6.07) is 11.7. The fraction of sp³-hybridized carbons (Fsp3) is 0.188. The largest absolute Gasteiger partial charge is 0.440 e. The molecule has 0 aliphatic heterocycles. The number of hydrogen-bond donors (Lipinski definition) is 0. The molecule has 0 amide bonds. The highest BCUT2D eigenvalue weighted by molar-refractivity contribution is 7.09. The number of nitrogens with zero attached hydrogens (tertiary/aromatic N) is 4. The average molecular weight is 637 g/mol. The van der Waals surface area contributed by atoms with Crippen LogP contribution in [-0.4, -0.2) is 19.9 Å². The van der Waals surface area contributed by atoms with E-state index in [0.29, 0.717) is 48.4 Å². The molecule has 4 aromatic heterocycles. The number of aryl methyl sites for hydroxylation is 3. The summed E-state index contributed by atoms with van der Waals surface area (Å²) in [4.78, 5) is 16.6. The van der Waals surface area contributed by atoms with Crippen molar-refractivity contribution in [3.05, 3.63) is 105 Å². The number of rotatable bonds is 4. The number of thiazole rings is 1. The maximum atomic E-state index is 13.2. The van der Waals surface area contributed by atoms with Gasteiger partial charge in [0.1, 0.15) is 33.8 Å². The number of oxazole rings is 2. The number of pyridine rings is 1. The van der Waals surface area contributed by atoms with Crippen molar-refractivity contribution in [3.63, 3.8) is 0 Å². The first-order valence-electron chi connectivity index (χ1n) is 13.2. The van der Waals surface area contributed by atoms with Crippen LogP contribution >= 0.6 is 22.9 Å². The molecule has 12 heteroatoms. The minimum atomic E-state index is -4.46. The van der Waals surface area contributed by atoms with Crippen molar-refractivity contribution in [1.29, 1.82) is 0 Å². The van der Waals surface area contributed by atoms with Crippen LogP contribution < -0.4 is 0 Å². The number of benzene rings is 2. The third-order valence-electron chi connectivity index (χ3n) is 5.86. The van der Waals surface area contributed by atoms with Crippen molar-refractivity contribution < 1.29 is 26.4 Å². The van der Waals surface area contributed by atoms with Gasteiger partial charge < -0.3 is 8.83 Å². The van der Waals surface area contributed by atoms with Crippen LogP contribution in [-0.2, 0) is 19.0 Å². The maximum Gasteiger partial charge on any atom is 0.420 e. The van der Waals surface area contributed by atoms with Gasteiger partial charge in [0.25, 0.3) is 0 Å². The lowest BCUT2D eigenvalue weighted by atomic mass is 10.2. The van der Waals surface area contributed by atoms with Crippen LogP contribution in [0.1, 0.15) is 46.6 Å². The number of para-hydroxylation sites is 1. The van der Waals surface area contributed by atoms with Crippen molar-refractivity contribution in [2.45, 2.75) is 38.8 Å². The Hall–Kier alpha value is -4.71. The molecule has 222 valence electrons. The van der Waals surface area contributed by atoms with Crippen molar-refractivity contribution >= 4 is 45.1 Å². The molecule has 6 aromatic rings. The summed E-state index contributed by atoms with van der Waals surface area (Å²) >= 11 is 7.48. The Balaban J connectivity index is 0.000000175. The van der Waals surface area contributed by atoms with E-state index < -0.39 is 17.6 Å². The Morgan fingerprint density at radius 1 is 0.841 bits per heavy atom. The molecule has 0 saturated heterocycles. The fourth-order valence-electron chi connectivity index (χ4n) is 3.94. The van der Waals surface area contributed by atoms with Crippen molar-refractivity contribution in [2.75, 3.05) is 0 Å². The second kappa shape index (κ2) is 13.7. The summed E-state index contributed by atoms with van der Waals surface area (Å²) < 4.78 is 62.7. The molecule has 6 nitrogen and oxygen atoms in total. The van der Waals surface area contributed by atoms with Gasteiger partial charge in [-0.15, -0.1) is 11.3 Å². The van der Waals surface area contributed by atoms with Crippen molar-refractivity contribution in [3.8, 4) is 23.7 Å². The summed E-state index contributed by atoms with van der Waals surface area (Å²) in [6.45, 7) is 1.94. The molecule has 0 spiro atoms. The molecule has 0 atom stereocenters. The zero-order valence-corrected chi connectivity index (χ0v) is 24.6. The lowest BCUT2D eigenvalue weighted by Crippen LogP contribution is -2.04. The normalized spacial score (nSPS) is 11.0. The number of aromatic nitrogens is 4. The molecule has 0 radical (unpaired) electrons. The summed E-state index contributed by atoms with van der Waals surface area (Å²) in [5.41, 5.74) is 1.42. The van der Waals surface area contributed by atoms with Gasteiger partial charge in [0.2, 0.25) is 0 Å². The first-order valence-corrected chi connectivity index (χ1v) is 14.4. The molecule has 44 heavy (non-hydrogen) atoms. The molecule has 0 N–H and O–H groups in total. The third-order valence-corrected chi connectivity index (χ3v) is 6.92. The molecule has 0 aliphatic rings. The molecule has 2 aromatic carbocycles. The second-order valence-electron chi connectivity index (χ2n) is 9.17. The van der Waals surface area contributed by atoms with Crippen molar-refractivity contribution in [2.24, 2.45) is 0 Å². The SMILES string of the molecule is Cc1nc(C#CCCc2nc3cc(F)cc(Cl)c3o2)cs1.FC(F)(F)c1cccc2nc(CCC#Cc3ccccn3)oc12. The average Bonchev–Trinajstić information content (AvgIpc) is 3.71. The van der Waals surface area contributed by atoms with Gasteiger partial charge in [-0.3, -0.25) is 0 Å². The van der Waals surface area contributed by atoms with Crippen LogP contribution in [0.2, 0.25) is 5.02 Å². The van der Waals surface area contributed by atoms with E-state index in [1.165, 1.54) is 24.3 Å². The molecule has 0 fully saturated rings. The number of halogens is 5. The lowest BCUT2D eigenvalue weighted by Gasteiger charge is -2.05. The van der Waals surface area contributed by atoms with Gasteiger partial charge in [0, 0.05) is 43.3 Å². The van der Waals surface area contributed by atoms with E-state index in [4.69, 9.17) is 20.4 Å². The van der Waals surface area contributed by atoms with E-state index in [1.807, 2.05) is 18.4 Å². The minimum Gasteiger partial charge on any atom is -0.440 e. The van der Waals surface area contributed by atoms with Gasteiger partial charge in [-0.1, -0.05) is 35.6 Å². The first-order chi connectivity index (χ1) is 21.2. The Labute approximate surface area is 258 Å². The minimum absolute atomic E-state index is 0.201. The molecule has 0 unspecified atom stereocenters.